The summed E-state index contributed by atoms with van der Waals surface area (Å²) in [5.74, 6) is -0.275. The Balaban J connectivity index is 1.68. The molecule has 0 aliphatic carbocycles. The molecule has 1 heterocycles. The summed E-state index contributed by atoms with van der Waals surface area (Å²) >= 11 is 0. The van der Waals surface area contributed by atoms with Gasteiger partial charge in [0.1, 0.15) is 12.4 Å². The second-order valence-corrected chi connectivity index (χ2v) is 6.07. The molecule has 0 radical (unpaired) electrons. The molecule has 0 fully saturated rings. The Morgan fingerprint density at radius 1 is 1.15 bits per heavy atom. The zero-order valence-electron chi connectivity index (χ0n) is 14.9. The second kappa shape index (κ2) is 7.82. The van der Waals surface area contributed by atoms with Crippen LogP contribution in [0, 0.1) is 29.8 Å². The molecule has 0 bridgehead atoms. The Morgan fingerprint density at radius 2 is 1.81 bits per heavy atom. The number of benzene rings is 2. The van der Waals surface area contributed by atoms with Gasteiger partial charge in [0.2, 0.25) is 0 Å². The summed E-state index contributed by atoms with van der Waals surface area (Å²) in [5.41, 5.74) is 4.54. The highest BCUT2D eigenvalue weighted by molar-refractivity contribution is 5.81. The smallest absolute Gasteiger partial charge is 0.269 e. The molecule has 1 aromatic heterocycles. The van der Waals surface area contributed by atoms with Crippen LogP contribution >= 0.6 is 0 Å². The first kappa shape index (κ1) is 18.3. The van der Waals surface area contributed by atoms with E-state index in [-0.39, 0.29) is 18.1 Å². The van der Waals surface area contributed by atoms with Crippen molar-refractivity contribution in [2.45, 2.75) is 20.5 Å². The highest BCUT2D eigenvalue weighted by Crippen LogP contribution is 2.20. The SMILES string of the molecule is Cc1cc(/C=N/OCc2ccc([N+](=O)[O-])cc2)c(C)n1-c1ccc(F)cc1. The molecule has 138 valence electrons. The quantitative estimate of drug-likeness (QED) is 0.360. The first-order valence-corrected chi connectivity index (χ1v) is 8.29. The molecule has 0 aliphatic rings. The minimum absolute atomic E-state index is 0.0375. The van der Waals surface area contributed by atoms with Crippen LogP contribution in [-0.2, 0) is 11.4 Å². The molecule has 0 unspecified atom stereocenters. The van der Waals surface area contributed by atoms with Gasteiger partial charge in [-0.2, -0.15) is 0 Å². The Bertz CT molecular complexity index is 977. The lowest BCUT2D eigenvalue weighted by Crippen LogP contribution is -1.99. The number of non-ortho nitro benzene ring substituents is 1. The van der Waals surface area contributed by atoms with Crippen molar-refractivity contribution < 1.29 is 14.2 Å². The fourth-order valence-corrected chi connectivity index (χ4v) is 2.83. The Kier molecular flexibility index (Phi) is 5.30. The normalized spacial score (nSPS) is 11.1. The van der Waals surface area contributed by atoms with Gasteiger partial charge in [-0.1, -0.05) is 5.16 Å². The molecule has 27 heavy (non-hydrogen) atoms. The fourth-order valence-electron chi connectivity index (χ4n) is 2.83. The number of aryl methyl sites for hydroxylation is 1. The monoisotopic (exact) mass is 367 g/mol. The van der Waals surface area contributed by atoms with Crippen LogP contribution in [0.15, 0.2) is 59.8 Å². The summed E-state index contributed by atoms with van der Waals surface area (Å²) in [4.78, 5) is 15.5. The van der Waals surface area contributed by atoms with E-state index in [0.717, 1.165) is 28.2 Å². The van der Waals surface area contributed by atoms with Crippen LogP contribution in [0.5, 0.6) is 0 Å². The topological polar surface area (TPSA) is 69.7 Å². The number of nitro groups is 1. The van der Waals surface area contributed by atoms with Crippen molar-refractivity contribution in [1.82, 2.24) is 4.57 Å². The van der Waals surface area contributed by atoms with Crippen molar-refractivity contribution in [2.75, 3.05) is 0 Å². The van der Waals surface area contributed by atoms with E-state index in [9.17, 15) is 14.5 Å². The van der Waals surface area contributed by atoms with E-state index in [2.05, 4.69) is 5.16 Å². The standard InChI is InChI=1S/C20H18FN3O3/c1-14-11-17(15(2)23(14)19-9-5-18(21)6-10-19)12-22-27-13-16-3-7-20(8-4-16)24(25)26/h3-12H,13H2,1-2H3/b22-12+. The van der Waals surface area contributed by atoms with Gasteiger partial charge in [-0.15, -0.1) is 0 Å². The number of aromatic nitrogens is 1. The second-order valence-electron chi connectivity index (χ2n) is 6.07. The predicted molar refractivity (Wildman–Crippen MR) is 101 cm³/mol. The van der Waals surface area contributed by atoms with E-state index >= 15 is 0 Å². The first-order valence-electron chi connectivity index (χ1n) is 8.29. The molecule has 7 heteroatoms. The first-order chi connectivity index (χ1) is 13.0. The molecule has 0 atom stereocenters. The van der Waals surface area contributed by atoms with Gasteiger partial charge in [0, 0.05) is 34.8 Å². The number of oxime groups is 1. The summed E-state index contributed by atoms with van der Waals surface area (Å²) in [6, 6.07) is 14.4. The summed E-state index contributed by atoms with van der Waals surface area (Å²) in [6.07, 6.45) is 1.62. The lowest BCUT2D eigenvalue weighted by molar-refractivity contribution is -0.384. The summed E-state index contributed by atoms with van der Waals surface area (Å²) < 4.78 is 15.1. The van der Waals surface area contributed by atoms with E-state index in [1.165, 1.54) is 24.3 Å². The van der Waals surface area contributed by atoms with Gasteiger partial charge in [0.05, 0.1) is 11.1 Å². The van der Waals surface area contributed by atoms with Gasteiger partial charge in [0.15, 0.2) is 0 Å². The van der Waals surface area contributed by atoms with Crippen molar-refractivity contribution in [2.24, 2.45) is 5.16 Å². The molecule has 6 nitrogen and oxygen atoms in total. The molecule has 2 aromatic carbocycles. The number of nitro benzene ring substituents is 1. The largest absolute Gasteiger partial charge is 0.391 e. The van der Waals surface area contributed by atoms with Crippen molar-refractivity contribution in [3.8, 4) is 5.69 Å². The number of hydrogen-bond acceptors (Lipinski definition) is 4. The number of rotatable bonds is 6. The summed E-state index contributed by atoms with van der Waals surface area (Å²) in [5, 5.41) is 14.6. The molecule has 3 rings (SSSR count). The predicted octanol–water partition coefficient (Wildman–Crippen LogP) is 4.69. The number of nitrogens with zero attached hydrogens (tertiary/aromatic N) is 3. The van der Waals surface area contributed by atoms with Crippen LogP contribution in [0.2, 0.25) is 0 Å². The van der Waals surface area contributed by atoms with Crippen LogP contribution in [0.1, 0.15) is 22.5 Å². The van der Waals surface area contributed by atoms with Crippen molar-refractivity contribution in [3.05, 3.63) is 93.0 Å². The Hall–Kier alpha value is -3.48. The molecule has 3 aromatic rings. The zero-order valence-corrected chi connectivity index (χ0v) is 14.9. The third-order valence-electron chi connectivity index (χ3n) is 4.20. The average molecular weight is 367 g/mol. The van der Waals surface area contributed by atoms with E-state index in [1.54, 1.807) is 30.5 Å². The van der Waals surface area contributed by atoms with E-state index in [4.69, 9.17) is 4.84 Å². The lowest BCUT2D eigenvalue weighted by Gasteiger charge is -2.09. The fraction of sp³-hybridized carbons (Fsp3) is 0.150. The molecule has 0 saturated carbocycles. The van der Waals surface area contributed by atoms with E-state index < -0.39 is 4.92 Å². The molecular weight excluding hydrogens is 349 g/mol. The molecular formula is C20H18FN3O3. The molecule has 0 amide bonds. The van der Waals surface area contributed by atoms with Crippen LogP contribution in [0.3, 0.4) is 0 Å². The van der Waals surface area contributed by atoms with Gasteiger partial charge >= 0.3 is 0 Å². The highest BCUT2D eigenvalue weighted by Gasteiger charge is 2.09. The highest BCUT2D eigenvalue weighted by atomic mass is 19.1. The maximum absolute atomic E-state index is 13.1. The molecule has 0 spiro atoms. The molecule has 0 aliphatic heterocycles. The number of hydrogen-bond donors (Lipinski definition) is 0. The van der Waals surface area contributed by atoms with Gasteiger partial charge in [-0.05, 0) is 61.9 Å². The van der Waals surface area contributed by atoms with Crippen LogP contribution in [0.4, 0.5) is 10.1 Å². The maximum atomic E-state index is 13.1. The third kappa shape index (κ3) is 4.20. The van der Waals surface area contributed by atoms with Gasteiger partial charge in [-0.3, -0.25) is 10.1 Å². The van der Waals surface area contributed by atoms with Crippen molar-refractivity contribution >= 4 is 11.9 Å². The Labute approximate surface area is 155 Å². The Morgan fingerprint density at radius 3 is 2.44 bits per heavy atom. The van der Waals surface area contributed by atoms with Crippen molar-refractivity contribution in [3.63, 3.8) is 0 Å². The van der Waals surface area contributed by atoms with Crippen LogP contribution in [-0.4, -0.2) is 15.7 Å². The van der Waals surface area contributed by atoms with Crippen molar-refractivity contribution in [1.29, 1.82) is 0 Å². The summed E-state index contributed by atoms with van der Waals surface area (Å²) in [6.45, 7) is 4.13. The van der Waals surface area contributed by atoms with Crippen LogP contribution in [0.25, 0.3) is 5.69 Å². The summed E-state index contributed by atoms with van der Waals surface area (Å²) in [7, 11) is 0. The zero-order chi connectivity index (χ0) is 19.4. The molecule has 0 saturated heterocycles. The number of halogens is 1. The molecule has 0 N–H and O–H groups in total. The average Bonchev–Trinajstić information content (AvgIpc) is 2.93. The lowest BCUT2D eigenvalue weighted by atomic mass is 10.2. The van der Waals surface area contributed by atoms with E-state index in [0.29, 0.717) is 0 Å². The maximum Gasteiger partial charge on any atom is 0.269 e. The minimum atomic E-state index is -0.445. The van der Waals surface area contributed by atoms with Gasteiger partial charge < -0.3 is 9.40 Å². The third-order valence-corrected chi connectivity index (χ3v) is 4.20. The van der Waals surface area contributed by atoms with Gasteiger partial charge in [-0.25, -0.2) is 4.39 Å². The van der Waals surface area contributed by atoms with E-state index in [1.807, 2.05) is 24.5 Å². The minimum Gasteiger partial charge on any atom is -0.391 e. The van der Waals surface area contributed by atoms with Crippen LogP contribution < -0.4 is 0 Å². The van der Waals surface area contributed by atoms with Gasteiger partial charge in [0.25, 0.3) is 5.69 Å².